The van der Waals surface area contributed by atoms with Crippen molar-refractivity contribution in [2.45, 2.75) is 32.1 Å². The van der Waals surface area contributed by atoms with E-state index in [0.717, 1.165) is 63.0 Å². The van der Waals surface area contributed by atoms with E-state index in [1.165, 1.54) is 12.8 Å². The number of tetrazole rings is 1. The van der Waals surface area contributed by atoms with Gasteiger partial charge in [0.25, 0.3) is 0 Å². The molecule has 26 heavy (non-hydrogen) atoms. The number of piperidine rings is 1. The summed E-state index contributed by atoms with van der Waals surface area (Å²) in [5.41, 5.74) is 0.694. The van der Waals surface area contributed by atoms with Crippen molar-refractivity contribution in [3.05, 3.63) is 30.3 Å². The van der Waals surface area contributed by atoms with E-state index in [-0.39, 0.29) is 5.41 Å². The Kier molecular flexibility index (Phi) is 3.69. The summed E-state index contributed by atoms with van der Waals surface area (Å²) >= 11 is 0. The topological polar surface area (TPSA) is 67.2 Å². The van der Waals surface area contributed by atoms with Crippen LogP contribution >= 0.6 is 0 Å². The number of benzene rings is 1. The Balaban J connectivity index is 1.37. The summed E-state index contributed by atoms with van der Waals surface area (Å²) < 4.78 is 1.77. The first kappa shape index (κ1) is 15.8. The molecule has 0 N–H and O–H groups in total. The van der Waals surface area contributed by atoms with Crippen molar-refractivity contribution >= 4 is 11.9 Å². The maximum Gasteiger partial charge on any atom is 0.250 e. The van der Waals surface area contributed by atoms with Crippen molar-refractivity contribution in [2.75, 3.05) is 31.1 Å². The SMILES string of the molecule is O=C1N(CC2CC2)CCCC12CCN(c1nnnn1-c1ccccc1)C2. The number of carbonyl (C=O) groups excluding carboxylic acids is 1. The summed E-state index contributed by atoms with van der Waals surface area (Å²) in [4.78, 5) is 17.5. The molecule has 1 aromatic carbocycles. The van der Waals surface area contributed by atoms with E-state index in [2.05, 4.69) is 25.3 Å². The Morgan fingerprint density at radius 1 is 1.12 bits per heavy atom. The van der Waals surface area contributed by atoms with Crippen molar-refractivity contribution < 1.29 is 4.79 Å². The molecule has 5 rings (SSSR count). The lowest BCUT2D eigenvalue weighted by Crippen LogP contribution is -2.50. The zero-order valence-electron chi connectivity index (χ0n) is 14.9. The molecule has 1 atom stereocenters. The zero-order chi connectivity index (χ0) is 17.6. The fourth-order valence-corrected chi connectivity index (χ4v) is 4.48. The van der Waals surface area contributed by atoms with Crippen molar-refractivity contribution in [1.29, 1.82) is 0 Å². The molecule has 1 unspecified atom stereocenters. The Morgan fingerprint density at radius 3 is 2.77 bits per heavy atom. The van der Waals surface area contributed by atoms with Gasteiger partial charge in [0.1, 0.15) is 0 Å². The number of anilines is 1. The van der Waals surface area contributed by atoms with Crippen molar-refractivity contribution in [3.8, 4) is 5.69 Å². The second kappa shape index (κ2) is 6.07. The number of para-hydroxylation sites is 1. The summed E-state index contributed by atoms with van der Waals surface area (Å²) in [6.07, 6.45) is 5.56. The van der Waals surface area contributed by atoms with Gasteiger partial charge in [0, 0.05) is 26.2 Å². The maximum atomic E-state index is 13.2. The first-order valence-corrected chi connectivity index (χ1v) is 9.63. The molecule has 1 saturated carbocycles. The third-order valence-electron chi connectivity index (χ3n) is 6.09. The number of likely N-dealkylation sites (tertiary alicyclic amines) is 1. The van der Waals surface area contributed by atoms with Crippen LogP contribution in [0.25, 0.3) is 5.69 Å². The minimum atomic E-state index is -0.249. The van der Waals surface area contributed by atoms with Crippen LogP contribution < -0.4 is 4.90 Å². The van der Waals surface area contributed by atoms with Crippen LogP contribution in [0.2, 0.25) is 0 Å². The Hall–Kier alpha value is -2.44. The number of amides is 1. The standard InChI is InChI=1S/C19H24N6O/c26-17-19(9-4-11-23(17)13-15-7-8-15)10-12-24(14-19)18-20-21-22-25(18)16-5-2-1-3-6-16/h1-3,5-6,15H,4,7-14H2. The molecule has 2 aromatic rings. The largest absolute Gasteiger partial charge is 0.342 e. The molecule has 0 bridgehead atoms. The number of hydrogen-bond donors (Lipinski definition) is 0. The molecule has 1 aromatic heterocycles. The molecule has 7 heteroatoms. The van der Waals surface area contributed by atoms with Crippen molar-refractivity contribution in [1.82, 2.24) is 25.1 Å². The van der Waals surface area contributed by atoms with E-state index < -0.39 is 0 Å². The lowest BCUT2D eigenvalue weighted by Gasteiger charge is -2.39. The highest BCUT2D eigenvalue weighted by Crippen LogP contribution is 2.42. The van der Waals surface area contributed by atoms with Crippen LogP contribution in [-0.2, 0) is 4.79 Å². The molecular weight excluding hydrogens is 328 g/mol. The highest BCUT2D eigenvalue weighted by molar-refractivity contribution is 5.85. The molecule has 3 heterocycles. The van der Waals surface area contributed by atoms with Gasteiger partial charge in [-0.3, -0.25) is 4.79 Å². The number of nitrogens with zero attached hydrogens (tertiary/aromatic N) is 6. The van der Waals surface area contributed by atoms with E-state index in [1.807, 2.05) is 30.3 Å². The van der Waals surface area contributed by atoms with Crippen molar-refractivity contribution in [2.24, 2.45) is 11.3 Å². The van der Waals surface area contributed by atoms with E-state index in [1.54, 1.807) is 4.68 Å². The van der Waals surface area contributed by atoms with Crippen LogP contribution in [0, 0.1) is 11.3 Å². The highest BCUT2D eigenvalue weighted by Gasteiger charge is 2.49. The Bertz CT molecular complexity index is 801. The van der Waals surface area contributed by atoms with Crippen molar-refractivity contribution in [3.63, 3.8) is 0 Å². The zero-order valence-corrected chi connectivity index (χ0v) is 14.9. The molecule has 7 nitrogen and oxygen atoms in total. The van der Waals surface area contributed by atoms with Crippen LogP contribution in [0.15, 0.2) is 30.3 Å². The second-order valence-corrected chi connectivity index (χ2v) is 7.98. The van der Waals surface area contributed by atoms with E-state index in [4.69, 9.17) is 0 Å². The van der Waals surface area contributed by atoms with Gasteiger partial charge in [-0.2, -0.15) is 4.68 Å². The minimum absolute atomic E-state index is 0.249. The average molecular weight is 352 g/mol. The highest BCUT2D eigenvalue weighted by atomic mass is 16.2. The van der Waals surface area contributed by atoms with Crippen LogP contribution in [0.5, 0.6) is 0 Å². The van der Waals surface area contributed by atoms with Gasteiger partial charge in [0.05, 0.1) is 11.1 Å². The molecule has 0 radical (unpaired) electrons. The van der Waals surface area contributed by atoms with Crippen LogP contribution in [0.3, 0.4) is 0 Å². The molecule has 3 aliphatic rings. The first-order valence-electron chi connectivity index (χ1n) is 9.63. The normalized spacial score (nSPS) is 26.1. The number of aromatic nitrogens is 4. The van der Waals surface area contributed by atoms with Crippen LogP contribution in [0.1, 0.15) is 32.1 Å². The fourth-order valence-electron chi connectivity index (χ4n) is 4.48. The van der Waals surface area contributed by atoms with E-state index in [0.29, 0.717) is 5.91 Å². The number of rotatable bonds is 4. The molecule has 1 spiro atoms. The van der Waals surface area contributed by atoms with Gasteiger partial charge in [0.2, 0.25) is 11.9 Å². The molecule has 2 saturated heterocycles. The fraction of sp³-hybridized carbons (Fsp3) is 0.579. The van der Waals surface area contributed by atoms with Gasteiger partial charge in [0.15, 0.2) is 0 Å². The molecule has 1 amide bonds. The Labute approximate surface area is 153 Å². The number of hydrogen-bond acceptors (Lipinski definition) is 5. The first-order chi connectivity index (χ1) is 12.8. The van der Waals surface area contributed by atoms with Gasteiger partial charge >= 0.3 is 0 Å². The van der Waals surface area contributed by atoms with Gasteiger partial charge in [-0.05, 0) is 60.6 Å². The van der Waals surface area contributed by atoms with Gasteiger partial charge in [-0.15, -0.1) is 0 Å². The van der Waals surface area contributed by atoms with Gasteiger partial charge in [-0.1, -0.05) is 23.3 Å². The minimum Gasteiger partial charge on any atom is -0.342 e. The molecule has 2 aliphatic heterocycles. The smallest absolute Gasteiger partial charge is 0.250 e. The molecule has 3 fully saturated rings. The van der Waals surface area contributed by atoms with Crippen LogP contribution in [0.4, 0.5) is 5.95 Å². The lowest BCUT2D eigenvalue weighted by molar-refractivity contribution is -0.145. The van der Waals surface area contributed by atoms with Gasteiger partial charge < -0.3 is 9.80 Å². The maximum absolute atomic E-state index is 13.2. The Morgan fingerprint density at radius 2 is 1.96 bits per heavy atom. The summed E-state index contributed by atoms with van der Waals surface area (Å²) in [6, 6.07) is 9.93. The van der Waals surface area contributed by atoms with E-state index in [9.17, 15) is 4.79 Å². The molecule has 1 aliphatic carbocycles. The third-order valence-corrected chi connectivity index (χ3v) is 6.09. The lowest BCUT2D eigenvalue weighted by atomic mass is 9.78. The monoisotopic (exact) mass is 352 g/mol. The predicted molar refractivity (Wildman–Crippen MR) is 97.0 cm³/mol. The summed E-state index contributed by atoms with van der Waals surface area (Å²) in [7, 11) is 0. The second-order valence-electron chi connectivity index (χ2n) is 7.98. The molecular formula is C19H24N6O. The average Bonchev–Trinajstić information content (AvgIpc) is 3.19. The number of carbonyl (C=O) groups is 1. The van der Waals surface area contributed by atoms with E-state index >= 15 is 0 Å². The summed E-state index contributed by atoms with van der Waals surface area (Å²) in [5, 5.41) is 12.3. The predicted octanol–water partition coefficient (Wildman–Crippen LogP) is 1.89. The third kappa shape index (κ3) is 2.66. The summed E-state index contributed by atoms with van der Waals surface area (Å²) in [5.74, 6) is 1.84. The quantitative estimate of drug-likeness (QED) is 0.841. The van der Waals surface area contributed by atoms with Gasteiger partial charge in [-0.25, -0.2) is 0 Å². The molecule has 136 valence electrons. The summed E-state index contributed by atoms with van der Waals surface area (Å²) in [6.45, 7) is 3.44. The van der Waals surface area contributed by atoms with Crippen LogP contribution in [-0.4, -0.2) is 57.2 Å².